The van der Waals surface area contributed by atoms with Crippen LogP contribution in [0.4, 0.5) is 0 Å². The van der Waals surface area contributed by atoms with Gasteiger partial charge in [0.1, 0.15) is 0 Å². The summed E-state index contributed by atoms with van der Waals surface area (Å²) in [7, 11) is 1.45. The molecule has 0 heterocycles. The van der Waals surface area contributed by atoms with Crippen LogP contribution in [0.3, 0.4) is 0 Å². The Morgan fingerprint density at radius 3 is 1.69 bits per heavy atom. The van der Waals surface area contributed by atoms with Gasteiger partial charge in [-0.3, -0.25) is 0 Å². The van der Waals surface area contributed by atoms with Crippen LogP contribution < -0.4 is 0 Å². The van der Waals surface area contributed by atoms with Crippen LogP contribution in [-0.2, 0) is 26.2 Å². The van der Waals surface area contributed by atoms with E-state index in [9.17, 15) is 0 Å². The summed E-state index contributed by atoms with van der Waals surface area (Å²) in [5, 5.41) is 0. The van der Waals surface area contributed by atoms with Crippen molar-refractivity contribution in [2.24, 2.45) is 0 Å². The van der Waals surface area contributed by atoms with Gasteiger partial charge in [0, 0.05) is 0 Å². The Morgan fingerprint density at radius 1 is 1.00 bits per heavy atom. The van der Waals surface area contributed by atoms with Gasteiger partial charge in [0.15, 0.2) is 0 Å². The minimum absolute atomic E-state index is 0.0139. The first-order valence-corrected chi connectivity index (χ1v) is 7.09. The van der Waals surface area contributed by atoms with Crippen LogP contribution in [0, 0.1) is 0 Å². The summed E-state index contributed by atoms with van der Waals surface area (Å²) in [5.74, 6) is 0. The normalized spacial score (nSPS) is 15.7. The molecule has 1 aliphatic rings. The molecule has 1 rings (SSSR count). The number of methoxy groups -OCH3 is 1. The first-order chi connectivity index (χ1) is 6.06. The third-order valence-corrected chi connectivity index (χ3v) is 2.51. The van der Waals surface area contributed by atoms with Crippen molar-refractivity contribution in [3.63, 3.8) is 0 Å². The van der Waals surface area contributed by atoms with Crippen molar-refractivity contribution >= 4 is 0 Å². The SMILES string of the molecule is C1CCC1.COCC[O][Ti]([OH])([OH])[OH]. The molecule has 0 aromatic carbocycles. The van der Waals surface area contributed by atoms with Gasteiger partial charge >= 0.3 is 57.6 Å². The zero-order valence-corrected chi connectivity index (χ0v) is 9.46. The van der Waals surface area contributed by atoms with E-state index >= 15 is 0 Å². The van der Waals surface area contributed by atoms with Crippen LogP contribution in [0.1, 0.15) is 25.7 Å². The molecule has 0 amide bonds. The van der Waals surface area contributed by atoms with E-state index < -0.39 is 18.1 Å². The number of ether oxygens (including phenoxy) is 1. The van der Waals surface area contributed by atoms with Gasteiger partial charge in [0.25, 0.3) is 0 Å². The topological polar surface area (TPSA) is 79.2 Å². The number of rotatable bonds is 4. The number of hydrogen-bond donors (Lipinski definition) is 3. The van der Waals surface area contributed by atoms with Crippen molar-refractivity contribution in [1.82, 2.24) is 0 Å². The Hall–Kier alpha value is 0.514. The molecule has 3 N–H and O–H groups in total. The number of hydrogen-bond acceptors (Lipinski definition) is 5. The van der Waals surface area contributed by atoms with Gasteiger partial charge in [-0.25, -0.2) is 0 Å². The fourth-order valence-corrected chi connectivity index (χ4v) is 1.07. The molecular weight excluding hydrogens is 212 g/mol. The molecule has 0 aromatic heterocycles. The third-order valence-electron chi connectivity index (χ3n) is 1.58. The summed E-state index contributed by atoms with van der Waals surface area (Å²) >= 11 is -4.71. The molecular formula is C7H18O5Ti. The van der Waals surface area contributed by atoms with Crippen molar-refractivity contribution in [1.29, 1.82) is 0 Å². The predicted molar refractivity (Wildman–Crippen MR) is 43.0 cm³/mol. The minimum atomic E-state index is -4.71. The molecule has 5 nitrogen and oxygen atoms in total. The second kappa shape index (κ2) is 7.88. The molecule has 80 valence electrons. The first kappa shape index (κ1) is 13.5. The molecule has 0 bridgehead atoms. The Labute approximate surface area is 83.6 Å². The molecule has 0 spiro atoms. The van der Waals surface area contributed by atoms with E-state index in [0.717, 1.165) is 0 Å². The molecule has 1 saturated carbocycles. The zero-order chi connectivity index (χ0) is 10.2. The first-order valence-electron chi connectivity index (χ1n) is 4.36. The fourth-order valence-electron chi connectivity index (χ4n) is 0.512. The van der Waals surface area contributed by atoms with Gasteiger partial charge < -0.3 is 0 Å². The molecule has 0 saturated heterocycles. The summed E-state index contributed by atoms with van der Waals surface area (Å²) in [4.78, 5) is 0. The van der Waals surface area contributed by atoms with Crippen molar-refractivity contribution in [2.45, 2.75) is 25.7 Å². The maximum atomic E-state index is 8.27. The Morgan fingerprint density at radius 2 is 1.46 bits per heavy atom. The standard InChI is InChI=1S/C4H8.C3H7O2.3H2O.Ti/c1-2-4-3-1;1-5-3-2-4;;;;/h1-4H2;2-3H2,1H3;3*1H2;/q;-1;;;;+4/p-3. The van der Waals surface area contributed by atoms with E-state index in [4.69, 9.17) is 11.1 Å². The van der Waals surface area contributed by atoms with Crippen molar-refractivity contribution in [2.75, 3.05) is 20.3 Å². The second-order valence-electron chi connectivity index (χ2n) is 2.83. The molecule has 0 atom stereocenters. The van der Waals surface area contributed by atoms with Gasteiger partial charge in [0.2, 0.25) is 0 Å². The van der Waals surface area contributed by atoms with Gasteiger partial charge in [-0.15, -0.1) is 0 Å². The monoisotopic (exact) mass is 230 g/mol. The van der Waals surface area contributed by atoms with E-state index in [2.05, 4.69) is 8.06 Å². The van der Waals surface area contributed by atoms with Crippen LogP contribution in [0.2, 0.25) is 0 Å². The molecule has 0 radical (unpaired) electrons. The average molecular weight is 230 g/mol. The molecule has 0 aliphatic heterocycles. The summed E-state index contributed by atoms with van der Waals surface area (Å²) in [6.45, 7) is 0.259. The molecule has 1 aliphatic carbocycles. The van der Waals surface area contributed by atoms with E-state index in [1.807, 2.05) is 0 Å². The van der Waals surface area contributed by atoms with Crippen molar-refractivity contribution in [3.05, 3.63) is 0 Å². The maximum absolute atomic E-state index is 8.27. The molecule has 13 heavy (non-hydrogen) atoms. The van der Waals surface area contributed by atoms with Crippen molar-refractivity contribution in [3.8, 4) is 0 Å². The van der Waals surface area contributed by atoms with Crippen LogP contribution >= 0.6 is 0 Å². The van der Waals surface area contributed by atoms with E-state index in [0.29, 0.717) is 0 Å². The molecule has 0 aromatic rings. The van der Waals surface area contributed by atoms with E-state index in [1.165, 1.54) is 32.8 Å². The van der Waals surface area contributed by atoms with Gasteiger partial charge in [-0.2, -0.15) is 0 Å². The summed E-state index contributed by atoms with van der Waals surface area (Å²) in [5.41, 5.74) is 0. The quantitative estimate of drug-likeness (QED) is 0.468. The van der Waals surface area contributed by atoms with Gasteiger partial charge in [0.05, 0.1) is 0 Å². The Kier molecular flexibility index (Phi) is 8.19. The molecule has 1 fully saturated rings. The van der Waals surface area contributed by atoms with Crippen LogP contribution in [0.25, 0.3) is 0 Å². The summed E-state index contributed by atoms with van der Waals surface area (Å²) in [6.07, 6.45) is 6.00. The van der Waals surface area contributed by atoms with Gasteiger partial charge in [-0.05, 0) is 0 Å². The average Bonchev–Trinajstić information content (AvgIpc) is 1.80. The second-order valence-corrected chi connectivity index (χ2v) is 5.07. The summed E-state index contributed by atoms with van der Waals surface area (Å²) < 4.78 is 33.5. The predicted octanol–water partition coefficient (Wildman–Crippen LogP) is 0.000600. The van der Waals surface area contributed by atoms with Crippen LogP contribution in [0.5, 0.6) is 0 Å². The Balaban J connectivity index is 0.000000293. The van der Waals surface area contributed by atoms with Crippen LogP contribution in [0.15, 0.2) is 0 Å². The van der Waals surface area contributed by atoms with E-state index in [1.54, 1.807) is 0 Å². The zero-order valence-electron chi connectivity index (χ0n) is 7.90. The van der Waals surface area contributed by atoms with Gasteiger partial charge in [-0.1, -0.05) is 25.7 Å². The molecule has 6 heteroatoms. The third kappa shape index (κ3) is 12.5. The molecule has 0 unspecified atom stereocenters. The summed E-state index contributed by atoms with van der Waals surface area (Å²) in [6, 6.07) is 0. The van der Waals surface area contributed by atoms with Crippen molar-refractivity contribution < 1.29 is 37.3 Å². The van der Waals surface area contributed by atoms with Crippen LogP contribution in [-0.4, -0.2) is 31.4 Å². The van der Waals surface area contributed by atoms with E-state index in [-0.39, 0.29) is 13.2 Å². The fraction of sp³-hybridized carbons (Fsp3) is 1.00. The Bertz CT molecular complexity index is 106.